The molecule has 4 rings (SSSR count). The van der Waals surface area contributed by atoms with Gasteiger partial charge in [-0.15, -0.1) is 0 Å². The van der Waals surface area contributed by atoms with Crippen LogP contribution < -0.4 is 5.32 Å². The van der Waals surface area contributed by atoms with E-state index in [1.54, 1.807) is 0 Å². The Hall–Kier alpha value is -1.59. The summed E-state index contributed by atoms with van der Waals surface area (Å²) in [4.78, 5) is 40.6. The van der Waals surface area contributed by atoms with Crippen molar-refractivity contribution in [2.45, 2.75) is 57.4 Å². The van der Waals surface area contributed by atoms with Gasteiger partial charge in [0.1, 0.15) is 0 Å². The number of amides is 3. The van der Waals surface area contributed by atoms with Crippen LogP contribution in [0.1, 0.15) is 51.4 Å². The van der Waals surface area contributed by atoms with Gasteiger partial charge in [0.15, 0.2) is 0 Å². The van der Waals surface area contributed by atoms with Crippen LogP contribution in [0.4, 0.5) is 0 Å². The van der Waals surface area contributed by atoms with Gasteiger partial charge in [0, 0.05) is 44.6 Å². The number of piperidine rings is 1. The minimum absolute atomic E-state index is 0.0549. The summed E-state index contributed by atoms with van der Waals surface area (Å²) in [5, 5.41) is 3.02. The van der Waals surface area contributed by atoms with Gasteiger partial charge in [-0.3, -0.25) is 14.4 Å². The molecule has 0 radical (unpaired) electrons. The Balaban J connectivity index is 1.22. The summed E-state index contributed by atoms with van der Waals surface area (Å²) in [7, 11) is 0. The molecule has 2 saturated heterocycles. The summed E-state index contributed by atoms with van der Waals surface area (Å²) in [5.41, 5.74) is 0. The Bertz CT molecular complexity index is 548. The molecule has 0 bridgehead atoms. The predicted octanol–water partition coefficient (Wildman–Crippen LogP) is 1.15. The maximum absolute atomic E-state index is 12.3. The van der Waals surface area contributed by atoms with E-state index in [9.17, 15) is 14.4 Å². The zero-order chi connectivity index (χ0) is 17.4. The highest BCUT2D eigenvalue weighted by Crippen LogP contribution is 2.31. The summed E-state index contributed by atoms with van der Waals surface area (Å²) in [6.45, 7) is 2.97. The van der Waals surface area contributed by atoms with Gasteiger partial charge in [0.05, 0.1) is 5.92 Å². The van der Waals surface area contributed by atoms with Gasteiger partial charge < -0.3 is 15.1 Å². The molecule has 2 saturated carbocycles. The fourth-order valence-electron chi connectivity index (χ4n) is 4.23. The van der Waals surface area contributed by atoms with E-state index in [-0.39, 0.29) is 23.7 Å². The molecular formula is C19H29N3O3. The van der Waals surface area contributed by atoms with Crippen molar-refractivity contribution in [3.05, 3.63) is 0 Å². The molecular weight excluding hydrogens is 318 g/mol. The largest absolute Gasteiger partial charge is 0.353 e. The summed E-state index contributed by atoms with van der Waals surface area (Å²) in [5.74, 6) is 1.08. The molecule has 0 spiro atoms. The first-order chi connectivity index (χ1) is 12.1. The van der Waals surface area contributed by atoms with Gasteiger partial charge in [0.25, 0.3) is 0 Å². The average Bonchev–Trinajstić information content (AvgIpc) is 3.29. The maximum atomic E-state index is 12.3. The Labute approximate surface area is 149 Å². The highest BCUT2D eigenvalue weighted by Gasteiger charge is 2.38. The Morgan fingerprint density at radius 3 is 2.32 bits per heavy atom. The predicted molar refractivity (Wildman–Crippen MR) is 92.5 cm³/mol. The zero-order valence-corrected chi connectivity index (χ0v) is 14.9. The van der Waals surface area contributed by atoms with E-state index in [2.05, 4.69) is 5.32 Å². The molecule has 4 fully saturated rings. The molecule has 2 aliphatic carbocycles. The Kier molecular flexibility index (Phi) is 4.69. The number of hydrogen-bond donors (Lipinski definition) is 1. The second kappa shape index (κ2) is 6.96. The molecule has 2 heterocycles. The number of nitrogens with zero attached hydrogens (tertiary/aromatic N) is 2. The van der Waals surface area contributed by atoms with E-state index in [1.165, 1.54) is 6.42 Å². The molecule has 0 aromatic carbocycles. The number of carbonyl (C=O) groups is 3. The van der Waals surface area contributed by atoms with Crippen molar-refractivity contribution in [2.75, 3.05) is 26.2 Å². The van der Waals surface area contributed by atoms with Crippen molar-refractivity contribution in [3.8, 4) is 0 Å². The van der Waals surface area contributed by atoms with Crippen LogP contribution in [0.5, 0.6) is 0 Å². The standard InChI is InChI=1S/C19H29N3O3/c23-17-10-15(18(24)20-16-4-5-16)12-22(17)11-13-6-8-21(9-7-13)19(25)14-2-1-3-14/h13-16H,1-12H2,(H,20,24). The molecule has 3 amide bonds. The molecule has 25 heavy (non-hydrogen) atoms. The van der Waals surface area contributed by atoms with E-state index >= 15 is 0 Å². The third-order valence-electron chi connectivity index (χ3n) is 6.37. The van der Waals surface area contributed by atoms with Gasteiger partial charge in [-0.1, -0.05) is 6.42 Å². The van der Waals surface area contributed by atoms with Crippen LogP contribution in [0.15, 0.2) is 0 Å². The van der Waals surface area contributed by atoms with E-state index in [0.717, 1.165) is 58.2 Å². The first kappa shape index (κ1) is 16.9. The molecule has 0 aromatic rings. The monoisotopic (exact) mass is 347 g/mol. The maximum Gasteiger partial charge on any atom is 0.225 e. The smallest absolute Gasteiger partial charge is 0.225 e. The second-order valence-corrected chi connectivity index (χ2v) is 8.38. The SMILES string of the molecule is O=C(NC1CC1)C1CC(=O)N(CC2CCN(C(=O)C3CCC3)CC2)C1. The third-order valence-corrected chi connectivity index (χ3v) is 6.37. The van der Waals surface area contributed by atoms with Crippen LogP contribution in [0.3, 0.4) is 0 Å². The molecule has 0 aromatic heterocycles. The summed E-state index contributed by atoms with van der Waals surface area (Å²) < 4.78 is 0. The van der Waals surface area contributed by atoms with E-state index in [1.807, 2.05) is 9.80 Å². The molecule has 4 aliphatic rings. The molecule has 6 heteroatoms. The molecule has 1 atom stereocenters. The van der Waals surface area contributed by atoms with Gasteiger partial charge in [-0.25, -0.2) is 0 Å². The van der Waals surface area contributed by atoms with Crippen LogP contribution in [-0.4, -0.2) is 59.7 Å². The average molecular weight is 347 g/mol. The van der Waals surface area contributed by atoms with Crippen molar-refractivity contribution >= 4 is 17.7 Å². The zero-order valence-electron chi connectivity index (χ0n) is 14.9. The lowest BCUT2D eigenvalue weighted by molar-refractivity contribution is -0.140. The number of nitrogens with one attached hydrogen (secondary N) is 1. The number of carbonyl (C=O) groups excluding carboxylic acids is 3. The number of hydrogen-bond acceptors (Lipinski definition) is 3. The van der Waals surface area contributed by atoms with Gasteiger partial charge in [0.2, 0.25) is 17.7 Å². The minimum atomic E-state index is -0.173. The lowest BCUT2D eigenvalue weighted by Crippen LogP contribution is -2.45. The normalized spacial score (nSPS) is 28.2. The lowest BCUT2D eigenvalue weighted by Gasteiger charge is -2.37. The molecule has 1 unspecified atom stereocenters. The third kappa shape index (κ3) is 3.82. The first-order valence-electron chi connectivity index (χ1n) is 9.97. The highest BCUT2D eigenvalue weighted by atomic mass is 16.2. The van der Waals surface area contributed by atoms with E-state index < -0.39 is 0 Å². The Morgan fingerprint density at radius 2 is 1.72 bits per heavy atom. The first-order valence-corrected chi connectivity index (χ1v) is 9.97. The van der Waals surface area contributed by atoms with Crippen molar-refractivity contribution in [2.24, 2.45) is 17.8 Å². The van der Waals surface area contributed by atoms with Crippen molar-refractivity contribution in [3.63, 3.8) is 0 Å². The fraction of sp³-hybridized carbons (Fsp3) is 0.842. The van der Waals surface area contributed by atoms with Crippen LogP contribution in [0, 0.1) is 17.8 Å². The summed E-state index contributed by atoms with van der Waals surface area (Å²) in [6, 6.07) is 0.356. The van der Waals surface area contributed by atoms with Crippen LogP contribution in [0.25, 0.3) is 0 Å². The Morgan fingerprint density at radius 1 is 1.00 bits per heavy atom. The molecule has 1 N–H and O–H groups in total. The number of likely N-dealkylation sites (tertiary alicyclic amines) is 2. The van der Waals surface area contributed by atoms with Crippen molar-refractivity contribution in [1.82, 2.24) is 15.1 Å². The highest BCUT2D eigenvalue weighted by molar-refractivity contribution is 5.89. The lowest BCUT2D eigenvalue weighted by atomic mass is 9.83. The van der Waals surface area contributed by atoms with Crippen LogP contribution in [0.2, 0.25) is 0 Å². The second-order valence-electron chi connectivity index (χ2n) is 8.38. The minimum Gasteiger partial charge on any atom is -0.353 e. The van der Waals surface area contributed by atoms with Gasteiger partial charge in [-0.05, 0) is 44.4 Å². The van der Waals surface area contributed by atoms with Crippen LogP contribution >= 0.6 is 0 Å². The van der Waals surface area contributed by atoms with Crippen molar-refractivity contribution < 1.29 is 14.4 Å². The quantitative estimate of drug-likeness (QED) is 0.811. The molecule has 6 nitrogen and oxygen atoms in total. The van der Waals surface area contributed by atoms with E-state index in [4.69, 9.17) is 0 Å². The summed E-state index contributed by atoms with van der Waals surface area (Å²) in [6.07, 6.45) is 7.78. The van der Waals surface area contributed by atoms with E-state index in [0.29, 0.717) is 30.8 Å². The van der Waals surface area contributed by atoms with Gasteiger partial charge in [-0.2, -0.15) is 0 Å². The van der Waals surface area contributed by atoms with Gasteiger partial charge >= 0.3 is 0 Å². The van der Waals surface area contributed by atoms with Crippen LogP contribution in [-0.2, 0) is 14.4 Å². The molecule has 138 valence electrons. The van der Waals surface area contributed by atoms with Crippen molar-refractivity contribution in [1.29, 1.82) is 0 Å². The topological polar surface area (TPSA) is 69.7 Å². The summed E-state index contributed by atoms with van der Waals surface area (Å²) >= 11 is 0. The fourth-order valence-corrected chi connectivity index (χ4v) is 4.23. The molecule has 2 aliphatic heterocycles. The number of rotatable bonds is 5.